The standard InChI is InChI=1S/C20H18N2O5S/c1-2-27-20(24)16-6-3-5-15(13-16)14-8-10-17(11-9-14)28(25,26)22-19-18(23)7-4-12-21-19/h3-13,23H,2H2,1H3,(H,21,22). The molecule has 144 valence electrons. The van der Waals surface area contributed by atoms with E-state index < -0.39 is 16.0 Å². The molecular weight excluding hydrogens is 380 g/mol. The maximum Gasteiger partial charge on any atom is 0.338 e. The van der Waals surface area contributed by atoms with Gasteiger partial charge in [0.2, 0.25) is 0 Å². The van der Waals surface area contributed by atoms with Gasteiger partial charge in [0.25, 0.3) is 10.0 Å². The fourth-order valence-corrected chi connectivity index (χ4v) is 3.55. The quantitative estimate of drug-likeness (QED) is 0.616. The van der Waals surface area contributed by atoms with Gasteiger partial charge < -0.3 is 9.84 Å². The van der Waals surface area contributed by atoms with Gasteiger partial charge in [0.1, 0.15) is 0 Å². The first-order valence-electron chi connectivity index (χ1n) is 8.45. The van der Waals surface area contributed by atoms with E-state index in [4.69, 9.17) is 4.74 Å². The summed E-state index contributed by atoms with van der Waals surface area (Å²) in [5.74, 6) is -0.824. The number of aromatic nitrogens is 1. The normalized spacial score (nSPS) is 11.0. The molecule has 0 aliphatic rings. The van der Waals surface area contributed by atoms with Crippen molar-refractivity contribution in [3.8, 4) is 16.9 Å². The van der Waals surface area contributed by atoms with Crippen LogP contribution in [0.5, 0.6) is 5.75 Å². The van der Waals surface area contributed by atoms with Crippen molar-refractivity contribution in [2.24, 2.45) is 0 Å². The summed E-state index contributed by atoms with van der Waals surface area (Å²) >= 11 is 0. The van der Waals surface area contributed by atoms with E-state index in [9.17, 15) is 18.3 Å². The van der Waals surface area contributed by atoms with E-state index in [1.54, 1.807) is 37.3 Å². The third-order valence-electron chi connectivity index (χ3n) is 3.89. The zero-order valence-electron chi connectivity index (χ0n) is 15.0. The summed E-state index contributed by atoms with van der Waals surface area (Å²) in [7, 11) is -3.91. The molecular formula is C20H18N2O5S. The summed E-state index contributed by atoms with van der Waals surface area (Å²) in [6.07, 6.45) is 1.37. The van der Waals surface area contributed by atoms with Crippen LogP contribution in [0.25, 0.3) is 11.1 Å². The first kappa shape index (κ1) is 19.4. The molecule has 2 N–H and O–H groups in total. The maximum absolute atomic E-state index is 12.5. The van der Waals surface area contributed by atoms with Gasteiger partial charge in [0.05, 0.1) is 17.1 Å². The van der Waals surface area contributed by atoms with Crippen molar-refractivity contribution < 1.29 is 23.1 Å². The second kappa shape index (κ2) is 8.10. The number of carbonyl (C=O) groups is 1. The molecule has 0 atom stereocenters. The predicted molar refractivity (Wildman–Crippen MR) is 105 cm³/mol. The molecule has 0 saturated heterocycles. The maximum atomic E-state index is 12.5. The fraction of sp³-hybridized carbons (Fsp3) is 0.100. The van der Waals surface area contributed by atoms with E-state index in [0.717, 1.165) is 11.1 Å². The number of hydrogen-bond donors (Lipinski definition) is 2. The van der Waals surface area contributed by atoms with Crippen molar-refractivity contribution in [1.29, 1.82) is 0 Å². The Balaban J connectivity index is 1.85. The van der Waals surface area contributed by atoms with Crippen molar-refractivity contribution >= 4 is 21.8 Å². The minimum atomic E-state index is -3.91. The molecule has 1 aromatic heterocycles. The molecule has 0 aliphatic carbocycles. The molecule has 0 fully saturated rings. The molecule has 0 amide bonds. The van der Waals surface area contributed by atoms with Crippen LogP contribution in [0.2, 0.25) is 0 Å². The van der Waals surface area contributed by atoms with Crippen LogP contribution < -0.4 is 4.72 Å². The number of esters is 1. The zero-order valence-corrected chi connectivity index (χ0v) is 15.8. The van der Waals surface area contributed by atoms with E-state index in [1.165, 1.54) is 30.5 Å². The van der Waals surface area contributed by atoms with Gasteiger partial charge in [-0.3, -0.25) is 4.72 Å². The number of rotatable bonds is 6. The van der Waals surface area contributed by atoms with Gasteiger partial charge in [-0.1, -0.05) is 24.3 Å². The lowest BCUT2D eigenvalue weighted by molar-refractivity contribution is 0.0526. The Kier molecular flexibility index (Phi) is 5.60. The topological polar surface area (TPSA) is 106 Å². The number of aromatic hydroxyl groups is 1. The van der Waals surface area contributed by atoms with E-state index >= 15 is 0 Å². The molecule has 7 nitrogen and oxygen atoms in total. The van der Waals surface area contributed by atoms with Crippen LogP contribution in [0.15, 0.2) is 71.8 Å². The Morgan fingerprint density at radius 3 is 2.50 bits per heavy atom. The molecule has 3 aromatic rings. The molecule has 0 radical (unpaired) electrons. The third-order valence-corrected chi connectivity index (χ3v) is 5.24. The first-order chi connectivity index (χ1) is 13.4. The predicted octanol–water partition coefficient (Wildman–Crippen LogP) is 3.43. The number of carbonyl (C=O) groups excluding carboxylic acids is 1. The van der Waals surface area contributed by atoms with Crippen LogP contribution in [-0.4, -0.2) is 31.1 Å². The molecule has 0 unspecified atom stereocenters. The van der Waals surface area contributed by atoms with E-state index in [0.29, 0.717) is 5.56 Å². The summed E-state index contributed by atoms with van der Waals surface area (Å²) < 4.78 is 32.2. The van der Waals surface area contributed by atoms with Gasteiger partial charge in [-0.15, -0.1) is 0 Å². The summed E-state index contributed by atoms with van der Waals surface area (Å²) in [4.78, 5) is 15.7. The molecule has 0 spiro atoms. The van der Waals surface area contributed by atoms with Crippen molar-refractivity contribution in [2.45, 2.75) is 11.8 Å². The second-order valence-corrected chi connectivity index (χ2v) is 7.48. The van der Waals surface area contributed by atoms with Gasteiger partial charge in [-0.2, -0.15) is 0 Å². The van der Waals surface area contributed by atoms with Gasteiger partial charge in [0.15, 0.2) is 11.6 Å². The Hall–Kier alpha value is -3.39. The number of nitrogens with zero attached hydrogens (tertiary/aromatic N) is 1. The van der Waals surface area contributed by atoms with Crippen LogP contribution in [0.3, 0.4) is 0 Å². The SMILES string of the molecule is CCOC(=O)c1cccc(-c2ccc(S(=O)(=O)Nc3ncccc3O)cc2)c1. The Bertz CT molecular complexity index is 1100. The Morgan fingerprint density at radius 1 is 1.07 bits per heavy atom. The lowest BCUT2D eigenvalue weighted by Gasteiger charge is -2.10. The smallest absolute Gasteiger partial charge is 0.338 e. The molecule has 0 aliphatic heterocycles. The van der Waals surface area contributed by atoms with Crippen LogP contribution in [0.4, 0.5) is 5.82 Å². The number of sulfonamides is 1. The summed E-state index contributed by atoms with van der Waals surface area (Å²) in [6, 6.07) is 15.9. The lowest BCUT2D eigenvalue weighted by atomic mass is 10.0. The van der Waals surface area contributed by atoms with Crippen LogP contribution in [0.1, 0.15) is 17.3 Å². The van der Waals surface area contributed by atoms with Gasteiger partial charge in [-0.25, -0.2) is 18.2 Å². The average molecular weight is 398 g/mol. The molecule has 28 heavy (non-hydrogen) atoms. The highest BCUT2D eigenvalue weighted by molar-refractivity contribution is 7.92. The minimum Gasteiger partial charge on any atom is -0.504 e. The molecule has 0 bridgehead atoms. The largest absolute Gasteiger partial charge is 0.504 e. The number of ether oxygens (including phenoxy) is 1. The monoisotopic (exact) mass is 398 g/mol. The number of pyridine rings is 1. The van der Waals surface area contributed by atoms with Crippen molar-refractivity contribution in [3.63, 3.8) is 0 Å². The van der Waals surface area contributed by atoms with E-state index in [1.807, 2.05) is 6.07 Å². The van der Waals surface area contributed by atoms with Gasteiger partial charge in [0, 0.05) is 6.20 Å². The van der Waals surface area contributed by atoms with Crippen LogP contribution >= 0.6 is 0 Å². The number of benzene rings is 2. The second-order valence-electron chi connectivity index (χ2n) is 5.80. The summed E-state index contributed by atoms with van der Waals surface area (Å²) in [5, 5.41) is 9.70. The lowest BCUT2D eigenvalue weighted by Crippen LogP contribution is -2.13. The minimum absolute atomic E-state index is 0.0165. The zero-order chi connectivity index (χ0) is 20.1. The molecule has 2 aromatic carbocycles. The van der Waals surface area contributed by atoms with E-state index in [2.05, 4.69) is 9.71 Å². The van der Waals surface area contributed by atoms with Gasteiger partial charge >= 0.3 is 5.97 Å². The third kappa shape index (κ3) is 4.29. The number of hydrogen-bond acceptors (Lipinski definition) is 6. The van der Waals surface area contributed by atoms with Crippen LogP contribution in [-0.2, 0) is 14.8 Å². The highest BCUT2D eigenvalue weighted by atomic mass is 32.2. The average Bonchev–Trinajstić information content (AvgIpc) is 2.70. The number of anilines is 1. The van der Waals surface area contributed by atoms with Gasteiger partial charge in [-0.05, 0) is 54.4 Å². The van der Waals surface area contributed by atoms with Crippen LogP contribution in [0, 0.1) is 0 Å². The number of nitrogens with one attached hydrogen (secondary N) is 1. The Labute approximate surface area is 162 Å². The molecule has 3 rings (SSSR count). The van der Waals surface area contributed by atoms with Crippen molar-refractivity contribution in [1.82, 2.24) is 4.98 Å². The summed E-state index contributed by atoms with van der Waals surface area (Å²) in [5.41, 5.74) is 1.92. The highest BCUT2D eigenvalue weighted by Gasteiger charge is 2.17. The summed E-state index contributed by atoms with van der Waals surface area (Å²) in [6.45, 7) is 2.02. The molecule has 8 heteroatoms. The Morgan fingerprint density at radius 2 is 1.82 bits per heavy atom. The van der Waals surface area contributed by atoms with Crippen molar-refractivity contribution in [3.05, 3.63) is 72.4 Å². The fourth-order valence-electron chi connectivity index (χ4n) is 2.53. The highest BCUT2D eigenvalue weighted by Crippen LogP contribution is 2.25. The molecule has 0 saturated carbocycles. The molecule has 1 heterocycles. The van der Waals surface area contributed by atoms with E-state index in [-0.39, 0.29) is 23.1 Å². The van der Waals surface area contributed by atoms with Crippen molar-refractivity contribution in [2.75, 3.05) is 11.3 Å². The first-order valence-corrected chi connectivity index (χ1v) is 9.93.